The lowest BCUT2D eigenvalue weighted by Crippen LogP contribution is -2.38. The van der Waals surface area contributed by atoms with Crippen LogP contribution >= 0.6 is 0 Å². The molecule has 0 aliphatic heterocycles. The molecule has 0 aliphatic carbocycles. The summed E-state index contributed by atoms with van der Waals surface area (Å²) in [6.45, 7) is 4.18. The molecule has 0 heterocycles. The summed E-state index contributed by atoms with van der Waals surface area (Å²) in [5, 5.41) is 21.2. The van der Waals surface area contributed by atoms with Crippen LogP contribution in [-0.2, 0) is 4.79 Å². The molecule has 0 aliphatic rings. The van der Waals surface area contributed by atoms with Crippen LogP contribution in [0.2, 0.25) is 0 Å². The molecule has 0 rings (SSSR count). The lowest BCUT2D eigenvalue weighted by atomic mass is 10.1. The molecule has 0 aromatic carbocycles. The van der Waals surface area contributed by atoms with Crippen molar-refractivity contribution in [2.75, 3.05) is 6.54 Å². The SMILES string of the molecule is CCCCCCCCCCC(O)CN[C@H](C)C(=O)O. The zero-order valence-electron chi connectivity index (χ0n) is 12.5. The molecule has 2 atom stereocenters. The number of aliphatic hydroxyl groups excluding tert-OH is 1. The molecule has 0 spiro atoms. The molecule has 0 fully saturated rings. The predicted octanol–water partition coefficient (Wildman–Crippen LogP) is 2.94. The first-order chi connectivity index (χ1) is 9.07. The number of carbonyl (C=O) groups is 1. The van der Waals surface area contributed by atoms with Crippen molar-refractivity contribution in [1.82, 2.24) is 5.32 Å². The molecule has 4 heteroatoms. The van der Waals surface area contributed by atoms with Crippen molar-refractivity contribution in [3.8, 4) is 0 Å². The summed E-state index contributed by atoms with van der Waals surface area (Å²) in [4.78, 5) is 10.6. The second kappa shape index (κ2) is 12.4. The zero-order chi connectivity index (χ0) is 14.5. The first-order valence-electron chi connectivity index (χ1n) is 7.72. The van der Waals surface area contributed by atoms with E-state index in [2.05, 4.69) is 12.2 Å². The van der Waals surface area contributed by atoms with Gasteiger partial charge in [0, 0.05) is 6.54 Å². The van der Waals surface area contributed by atoms with E-state index in [4.69, 9.17) is 5.11 Å². The van der Waals surface area contributed by atoms with Gasteiger partial charge in [0.1, 0.15) is 6.04 Å². The zero-order valence-corrected chi connectivity index (χ0v) is 12.5. The van der Waals surface area contributed by atoms with Gasteiger partial charge in [-0.2, -0.15) is 0 Å². The molecular weight excluding hydrogens is 242 g/mol. The van der Waals surface area contributed by atoms with E-state index < -0.39 is 18.1 Å². The van der Waals surface area contributed by atoms with Gasteiger partial charge >= 0.3 is 5.97 Å². The Morgan fingerprint density at radius 2 is 1.58 bits per heavy atom. The van der Waals surface area contributed by atoms with Crippen LogP contribution in [0, 0.1) is 0 Å². The summed E-state index contributed by atoms with van der Waals surface area (Å²) in [6, 6.07) is -0.590. The lowest BCUT2D eigenvalue weighted by molar-refractivity contribution is -0.139. The number of carboxylic acids is 1. The Labute approximate surface area is 117 Å². The number of aliphatic carboxylic acids is 1. The summed E-state index contributed by atoms with van der Waals surface area (Å²) >= 11 is 0. The van der Waals surface area contributed by atoms with Crippen molar-refractivity contribution < 1.29 is 15.0 Å². The van der Waals surface area contributed by atoms with Gasteiger partial charge in [0.2, 0.25) is 0 Å². The maximum atomic E-state index is 10.6. The van der Waals surface area contributed by atoms with Crippen molar-refractivity contribution in [3.63, 3.8) is 0 Å². The average molecular weight is 273 g/mol. The number of hydrogen-bond donors (Lipinski definition) is 3. The summed E-state index contributed by atoms with van der Waals surface area (Å²) in [5.41, 5.74) is 0. The van der Waals surface area contributed by atoms with Crippen molar-refractivity contribution >= 4 is 5.97 Å². The smallest absolute Gasteiger partial charge is 0.320 e. The minimum atomic E-state index is -0.876. The summed E-state index contributed by atoms with van der Waals surface area (Å²) < 4.78 is 0. The lowest BCUT2D eigenvalue weighted by Gasteiger charge is -2.14. The molecule has 19 heavy (non-hydrogen) atoms. The Kier molecular flexibility index (Phi) is 12.0. The highest BCUT2D eigenvalue weighted by Crippen LogP contribution is 2.10. The van der Waals surface area contributed by atoms with Crippen LogP contribution in [0.4, 0.5) is 0 Å². The second-order valence-electron chi connectivity index (χ2n) is 5.39. The Hall–Kier alpha value is -0.610. The van der Waals surface area contributed by atoms with Crippen LogP contribution in [0.1, 0.15) is 71.6 Å². The minimum absolute atomic E-state index is 0.365. The quantitative estimate of drug-likeness (QED) is 0.451. The molecule has 4 nitrogen and oxygen atoms in total. The van der Waals surface area contributed by atoms with Gasteiger partial charge < -0.3 is 15.5 Å². The highest BCUT2D eigenvalue weighted by atomic mass is 16.4. The van der Waals surface area contributed by atoms with Crippen molar-refractivity contribution in [2.24, 2.45) is 0 Å². The third kappa shape index (κ3) is 12.2. The van der Waals surface area contributed by atoms with Gasteiger partial charge in [0.25, 0.3) is 0 Å². The number of nitrogens with one attached hydrogen (secondary N) is 1. The third-order valence-electron chi connectivity index (χ3n) is 3.42. The minimum Gasteiger partial charge on any atom is -0.480 e. The monoisotopic (exact) mass is 273 g/mol. The van der Waals surface area contributed by atoms with Gasteiger partial charge in [-0.05, 0) is 13.3 Å². The van der Waals surface area contributed by atoms with Crippen LogP contribution < -0.4 is 5.32 Å². The van der Waals surface area contributed by atoms with Gasteiger partial charge in [-0.25, -0.2) is 0 Å². The maximum absolute atomic E-state index is 10.6. The molecule has 0 saturated carbocycles. The highest BCUT2D eigenvalue weighted by molar-refractivity contribution is 5.72. The molecular formula is C15H31NO3. The van der Waals surface area contributed by atoms with Crippen molar-refractivity contribution in [3.05, 3.63) is 0 Å². The van der Waals surface area contributed by atoms with E-state index in [0.717, 1.165) is 19.3 Å². The molecule has 0 aromatic heterocycles. The summed E-state index contributed by atoms with van der Waals surface area (Å²) in [5.74, 6) is -0.876. The van der Waals surface area contributed by atoms with E-state index in [0.29, 0.717) is 6.54 Å². The van der Waals surface area contributed by atoms with Crippen molar-refractivity contribution in [1.29, 1.82) is 0 Å². The van der Waals surface area contributed by atoms with Gasteiger partial charge in [-0.15, -0.1) is 0 Å². The fourth-order valence-corrected chi connectivity index (χ4v) is 2.02. The van der Waals surface area contributed by atoms with Gasteiger partial charge in [-0.3, -0.25) is 4.79 Å². The molecule has 0 bridgehead atoms. The normalized spacial score (nSPS) is 14.3. The topological polar surface area (TPSA) is 69.6 Å². The number of aliphatic hydroxyl groups is 1. The summed E-state index contributed by atoms with van der Waals surface area (Å²) in [6.07, 6.45) is 10.4. The fourth-order valence-electron chi connectivity index (χ4n) is 2.02. The van der Waals surface area contributed by atoms with E-state index in [1.807, 2.05) is 0 Å². The van der Waals surface area contributed by atoms with Crippen LogP contribution in [0.25, 0.3) is 0 Å². The second-order valence-corrected chi connectivity index (χ2v) is 5.39. The van der Waals surface area contributed by atoms with Gasteiger partial charge in [-0.1, -0.05) is 58.3 Å². The number of unbranched alkanes of at least 4 members (excludes halogenated alkanes) is 7. The van der Waals surface area contributed by atoms with Crippen LogP contribution in [0.15, 0.2) is 0 Å². The first-order valence-corrected chi connectivity index (χ1v) is 7.72. The molecule has 0 radical (unpaired) electrons. The Balaban J connectivity index is 3.29. The maximum Gasteiger partial charge on any atom is 0.320 e. The van der Waals surface area contributed by atoms with E-state index >= 15 is 0 Å². The Bertz CT molecular complexity index is 221. The van der Waals surface area contributed by atoms with Crippen molar-refractivity contribution in [2.45, 2.75) is 83.8 Å². The first kappa shape index (κ1) is 18.4. The Morgan fingerprint density at radius 3 is 2.11 bits per heavy atom. The number of carboxylic acid groups (broad SMARTS) is 1. The molecule has 1 unspecified atom stereocenters. The van der Waals surface area contributed by atoms with Crippen LogP contribution in [0.5, 0.6) is 0 Å². The summed E-state index contributed by atoms with van der Waals surface area (Å²) in [7, 11) is 0. The Morgan fingerprint density at radius 1 is 1.05 bits per heavy atom. The van der Waals surface area contributed by atoms with Crippen LogP contribution in [-0.4, -0.2) is 34.9 Å². The van der Waals surface area contributed by atoms with E-state index in [1.54, 1.807) is 6.92 Å². The van der Waals surface area contributed by atoms with Gasteiger partial charge in [0.05, 0.1) is 6.10 Å². The molecule has 0 amide bonds. The molecule has 0 saturated heterocycles. The molecule has 3 N–H and O–H groups in total. The fraction of sp³-hybridized carbons (Fsp3) is 0.933. The standard InChI is InChI=1S/C15H31NO3/c1-3-4-5-6-7-8-9-10-11-14(17)12-16-13(2)15(18)19/h13-14,16-17H,3-12H2,1-2H3,(H,18,19)/t13-,14?/m1/s1. The molecule has 114 valence electrons. The number of hydrogen-bond acceptors (Lipinski definition) is 3. The van der Waals surface area contributed by atoms with Crippen LogP contribution in [0.3, 0.4) is 0 Å². The third-order valence-corrected chi connectivity index (χ3v) is 3.42. The van der Waals surface area contributed by atoms with Gasteiger partial charge in [0.15, 0.2) is 0 Å². The predicted molar refractivity (Wildman–Crippen MR) is 78.3 cm³/mol. The number of rotatable bonds is 13. The van der Waals surface area contributed by atoms with E-state index in [9.17, 15) is 9.90 Å². The van der Waals surface area contributed by atoms with E-state index in [-0.39, 0.29) is 0 Å². The van der Waals surface area contributed by atoms with E-state index in [1.165, 1.54) is 38.5 Å². The highest BCUT2D eigenvalue weighted by Gasteiger charge is 2.11. The largest absolute Gasteiger partial charge is 0.480 e. The molecule has 0 aromatic rings. The average Bonchev–Trinajstić information content (AvgIpc) is 2.38.